The summed E-state index contributed by atoms with van der Waals surface area (Å²) in [6.45, 7) is 7.84. The molecule has 1 aliphatic carbocycles. The van der Waals surface area contributed by atoms with Crippen LogP contribution in [0.15, 0.2) is 158 Å². The molecule has 1 aliphatic rings. The highest BCUT2D eigenvalue weighted by Gasteiger charge is 2.46. The minimum atomic E-state index is -0.637. The van der Waals surface area contributed by atoms with Gasteiger partial charge in [-0.25, -0.2) is 19.8 Å². The number of rotatable bonds is 5. The topological polar surface area (TPSA) is 43.0 Å². The molecule has 45 heavy (non-hydrogen) atoms. The zero-order valence-corrected chi connectivity index (χ0v) is 24.3. The van der Waals surface area contributed by atoms with Gasteiger partial charge in [0.1, 0.15) is 0 Å². The number of hydrogen-bond donors (Lipinski definition) is 0. The highest BCUT2D eigenvalue weighted by atomic mass is 15.0. The molecule has 0 bridgehead atoms. The molecule has 4 nitrogen and oxygen atoms in total. The molecule has 0 atom stereocenters. The molecule has 1 aromatic heterocycles. The first-order chi connectivity index (χ1) is 22.3. The molecule has 0 amide bonds. The molecule has 0 radical (unpaired) electrons. The number of fused-ring (bicyclic) bond motifs is 3. The van der Waals surface area contributed by atoms with Gasteiger partial charge in [-0.3, -0.25) is 0 Å². The van der Waals surface area contributed by atoms with Crippen molar-refractivity contribution >= 4 is 5.69 Å². The van der Waals surface area contributed by atoms with E-state index in [1.54, 1.807) is 0 Å². The van der Waals surface area contributed by atoms with E-state index in [0.717, 1.165) is 50.1 Å². The molecule has 210 valence electrons. The highest BCUT2D eigenvalue weighted by Crippen LogP contribution is 2.57. The highest BCUT2D eigenvalue weighted by molar-refractivity contribution is 5.89. The molecule has 6 aromatic carbocycles. The van der Waals surface area contributed by atoms with Gasteiger partial charge in [0.25, 0.3) is 0 Å². The van der Waals surface area contributed by atoms with Gasteiger partial charge < -0.3 is 0 Å². The molecule has 8 rings (SSSR count). The smallest absolute Gasteiger partial charge is 0.187 e. The van der Waals surface area contributed by atoms with E-state index in [2.05, 4.69) is 83.7 Å². The van der Waals surface area contributed by atoms with Gasteiger partial charge in [0, 0.05) is 16.7 Å². The molecule has 0 fully saturated rings. The van der Waals surface area contributed by atoms with Crippen LogP contribution in [0.1, 0.15) is 22.3 Å². The van der Waals surface area contributed by atoms with Crippen LogP contribution in [0.2, 0.25) is 0 Å². The lowest BCUT2D eigenvalue weighted by atomic mass is 9.67. The molecular formula is C41H26N4. The average molecular weight is 575 g/mol. The Kier molecular flexibility index (Phi) is 6.36. The van der Waals surface area contributed by atoms with Crippen molar-refractivity contribution in [2.45, 2.75) is 5.41 Å². The van der Waals surface area contributed by atoms with Crippen LogP contribution < -0.4 is 0 Å². The fourth-order valence-electron chi connectivity index (χ4n) is 6.62. The number of hydrogen-bond acceptors (Lipinski definition) is 3. The van der Waals surface area contributed by atoms with Crippen LogP contribution >= 0.6 is 0 Å². The summed E-state index contributed by atoms with van der Waals surface area (Å²) in [5, 5.41) is 0. The summed E-state index contributed by atoms with van der Waals surface area (Å²) in [4.78, 5) is 18.8. The van der Waals surface area contributed by atoms with E-state index in [1.165, 1.54) is 0 Å². The van der Waals surface area contributed by atoms with Gasteiger partial charge >= 0.3 is 0 Å². The lowest BCUT2D eigenvalue weighted by Gasteiger charge is -2.34. The van der Waals surface area contributed by atoms with Gasteiger partial charge in [-0.05, 0) is 39.4 Å². The standard InChI is InChI=1S/C41H26N4/c1-42-33-23-25-35-34-24-22-30(40-44-38(28-14-6-2-7-15-28)43-39(45-40)29-16-8-3-9-17-29)26-36(34)41(37(35)27-33,31-18-10-4-11-19-31)32-20-12-5-13-21-32/h2-27H. The van der Waals surface area contributed by atoms with Crippen molar-refractivity contribution in [1.82, 2.24) is 15.0 Å². The molecule has 0 saturated carbocycles. The minimum Gasteiger partial charge on any atom is -0.238 e. The van der Waals surface area contributed by atoms with Gasteiger partial charge in [-0.2, -0.15) is 0 Å². The monoisotopic (exact) mass is 574 g/mol. The van der Waals surface area contributed by atoms with E-state index in [-0.39, 0.29) is 0 Å². The van der Waals surface area contributed by atoms with Gasteiger partial charge in [-0.15, -0.1) is 0 Å². The maximum absolute atomic E-state index is 7.84. The van der Waals surface area contributed by atoms with Crippen molar-refractivity contribution < 1.29 is 0 Å². The summed E-state index contributed by atoms with van der Waals surface area (Å²) >= 11 is 0. The fourth-order valence-corrected chi connectivity index (χ4v) is 6.62. The summed E-state index contributed by atoms with van der Waals surface area (Å²) in [5.41, 5.74) is 9.53. The second-order valence-electron chi connectivity index (χ2n) is 11.1. The van der Waals surface area contributed by atoms with Crippen molar-refractivity contribution in [2.24, 2.45) is 0 Å². The lowest BCUT2D eigenvalue weighted by molar-refractivity contribution is 0.769. The maximum atomic E-state index is 7.84. The average Bonchev–Trinajstić information content (AvgIpc) is 3.42. The molecule has 7 aromatic rings. The zero-order chi connectivity index (χ0) is 30.2. The molecule has 0 spiro atoms. The van der Waals surface area contributed by atoms with Crippen molar-refractivity contribution in [3.63, 3.8) is 0 Å². The number of nitrogens with zero attached hydrogens (tertiary/aromatic N) is 4. The SMILES string of the molecule is [C-]#[N+]c1ccc2c(c1)C(c1ccccc1)(c1ccccc1)c1cc(-c3nc(-c4ccccc4)nc(-c4ccccc4)n3)ccc1-2. The van der Waals surface area contributed by atoms with Crippen LogP contribution in [-0.4, -0.2) is 15.0 Å². The Balaban J connectivity index is 1.42. The van der Waals surface area contributed by atoms with Crippen LogP contribution in [0.3, 0.4) is 0 Å². The van der Waals surface area contributed by atoms with Crippen LogP contribution in [0.25, 0.3) is 50.1 Å². The van der Waals surface area contributed by atoms with E-state index < -0.39 is 5.41 Å². The van der Waals surface area contributed by atoms with Crippen molar-refractivity contribution in [3.8, 4) is 45.3 Å². The van der Waals surface area contributed by atoms with Crippen LogP contribution in [0.4, 0.5) is 5.69 Å². The molecule has 0 saturated heterocycles. The zero-order valence-electron chi connectivity index (χ0n) is 24.3. The summed E-state index contributed by atoms with van der Waals surface area (Å²) in [5.74, 6) is 1.86. The molecule has 0 aliphatic heterocycles. The van der Waals surface area contributed by atoms with E-state index >= 15 is 0 Å². The third-order valence-electron chi connectivity index (χ3n) is 8.62. The van der Waals surface area contributed by atoms with Gasteiger partial charge in [0.15, 0.2) is 23.2 Å². The van der Waals surface area contributed by atoms with E-state index in [0.29, 0.717) is 23.2 Å². The second-order valence-corrected chi connectivity index (χ2v) is 11.1. The van der Waals surface area contributed by atoms with Crippen molar-refractivity contribution in [2.75, 3.05) is 0 Å². The van der Waals surface area contributed by atoms with Crippen molar-refractivity contribution in [3.05, 3.63) is 191 Å². The minimum absolute atomic E-state index is 0.610. The van der Waals surface area contributed by atoms with Crippen molar-refractivity contribution in [1.29, 1.82) is 0 Å². The third kappa shape index (κ3) is 4.33. The second kappa shape index (κ2) is 10.8. The summed E-state index contributed by atoms with van der Waals surface area (Å²) < 4.78 is 0. The predicted octanol–water partition coefficient (Wildman–Crippen LogP) is 9.79. The quantitative estimate of drug-likeness (QED) is 0.192. The number of aromatic nitrogens is 3. The first kappa shape index (κ1) is 26.4. The molecular weight excluding hydrogens is 548 g/mol. The summed E-state index contributed by atoms with van der Waals surface area (Å²) in [7, 11) is 0. The van der Waals surface area contributed by atoms with E-state index in [4.69, 9.17) is 21.5 Å². The van der Waals surface area contributed by atoms with Crippen LogP contribution in [0.5, 0.6) is 0 Å². The Labute approximate surface area is 262 Å². The van der Waals surface area contributed by atoms with Crippen LogP contribution in [0, 0.1) is 6.57 Å². The largest absolute Gasteiger partial charge is 0.238 e. The third-order valence-corrected chi connectivity index (χ3v) is 8.62. The molecule has 0 N–H and O–H groups in total. The van der Waals surface area contributed by atoms with Gasteiger partial charge in [0.05, 0.1) is 12.0 Å². The van der Waals surface area contributed by atoms with Gasteiger partial charge in [0.2, 0.25) is 0 Å². The lowest BCUT2D eigenvalue weighted by Crippen LogP contribution is -2.28. The van der Waals surface area contributed by atoms with Gasteiger partial charge in [-0.1, -0.05) is 152 Å². The molecule has 4 heteroatoms. The fraction of sp³-hybridized carbons (Fsp3) is 0.0244. The Morgan fingerprint density at radius 1 is 0.422 bits per heavy atom. The molecule has 1 heterocycles. The normalized spacial score (nSPS) is 12.6. The Morgan fingerprint density at radius 3 is 1.33 bits per heavy atom. The number of benzene rings is 6. The maximum Gasteiger partial charge on any atom is 0.187 e. The van der Waals surface area contributed by atoms with Crippen LogP contribution in [-0.2, 0) is 5.41 Å². The first-order valence-electron chi connectivity index (χ1n) is 14.9. The predicted molar refractivity (Wildman–Crippen MR) is 180 cm³/mol. The Hall–Kier alpha value is -6.18. The summed E-state index contributed by atoms with van der Waals surface area (Å²) in [6.07, 6.45) is 0. The molecule has 0 unspecified atom stereocenters. The Morgan fingerprint density at radius 2 is 0.844 bits per heavy atom. The van der Waals surface area contributed by atoms with E-state index in [1.807, 2.05) is 78.9 Å². The summed E-state index contributed by atoms with van der Waals surface area (Å²) in [6, 6.07) is 53.9. The first-order valence-corrected chi connectivity index (χ1v) is 14.9. The van der Waals surface area contributed by atoms with E-state index in [9.17, 15) is 0 Å². The Bertz CT molecular complexity index is 2110.